The smallest absolute Gasteiger partial charge is 0.462 e. The normalized spacial score (nSPS) is 21.8. The zero-order chi connectivity index (χ0) is 50.5. The number of carbonyl (C=O) groups is 3. The maximum atomic E-state index is 13.0. The molecule has 0 radical (unpaired) electrons. The zero-order valence-electron chi connectivity index (χ0n) is 40.3. The average molecular weight is 1010 g/mol. The third kappa shape index (κ3) is 32.8. The minimum atomic E-state index is -5.40. The van der Waals surface area contributed by atoms with Gasteiger partial charge in [-0.1, -0.05) is 138 Å². The van der Waals surface area contributed by atoms with Gasteiger partial charge in [0, 0.05) is 19.3 Å². The van der Waals surface area contributed by atoms with Gasteiger partial charge < -0.3 is 44.6 Å². The van der Waals surface area contributed by atoms with Crippen LogP contribution in [0, 0.1) is 0 Å². The van der Waals surface area contributed by atoms with Gasteiger partial charge in [0.05, 0.1) is 6.61 Å². The molecule has 1 aliphatic rings. The van der Waals surface area contributed by atoms with E-state index < -0.39 is 83.5 Å². The van der Waals surface area contributed by atoms with Crippen LogP contribution in [0.2, 0.25) is 0 Å². The first-order valence-corrected chi connectivity index (χ1v) is 27.5. The van der Waals surface area contributed by atoms with Crippen molar-refractivity contribution in [2.75, 3.05) is 13.2 Å². The number of aliphatic hydroxyl groups excluding tert-OH is 4. The number of carbonyl (C=O) groups excluding carboxylic acids is 3. The summed E-state index contributed by atoms with van der Waals surface area (Å²) in [5.41, 5.74) is 0. The second-order valence-corrected chi connectivity index (χ2v) is 19.5. The van der Waals surface area contributed by atoms with Crippen LogP contribution in [-0.4, -0.2) is 109 Å². The summed E-state index contributed by atoms with van der Waals surface area (Å²) in [6, 6.07) is 0. The number of phosphoric ester groups is 2. The van der Waals surface area contributed by atoms with E-state index in [0.717, 1.165) is 70.6 Å². The van der Waals surface area contributed by atoms with Gasteiger partial charge in [-0.25, -0.2) is 9.13 Å². The molecule has 1 rings (SSSR count). The van der Waals surface area contributed by atoms with Gasteiger partial charge in [0.25, 0.3) is 0 Å². The Hall–Kier alpha value is -2.89. The van der Waals surface area contributed by atoms with Crippen molar-refractivity contribution in [1.82, 2.24) is 0 Å². The molecule has 0 spiro atoms. The van der Waals surface area contributed by atoms with E-state index in [1.54, 1.807) is 12.2 Å². The summed E-state index contributed by atoms with van der Waals surface area (Å²) in [5, 5.41) is 41.2. The molecular formula is C49H82O17P2. The van der Waals surface area contributed by atoms with Gasteiger partial charge in [-0.2, -0.15) is 0 Å². The minimum absolute atomic E-state index is 0.00773. The lowest BCUT2D eigenvalue weighted by Crippen LogP contribution is -2.64. The van der Waals surface area contributed by atoms with Crippen molar-refractivity contribution >= 4 is 33.4 Å². The Balaban J connectivity index is 2.67. The molecule has 0 aromatic heterocycles. The maximum Gasteiger partial charge on any atom is 0.472 e. The van der Waals surface area contributed by atoms with E-state index in [-0.39, 0.29) is 31.5 Å². The third-order valence-electron chi connectivity index (χ3n) is 10.7. The zero-order valence-corrected chi connectivity index (χ0v) is 42.0. The van der Waals surface area contributed by atoms with Crippen LogP contribution in [0.4, 0.5) is 0 Å². The highest BCUT2D eigenvalue weighted by atomic mass is 31.2. The average Bonchev–Trinajstić information content (AvgIpc) is 3.29. The third-order valence-corrected chi connectivity index (χ3v) is 12.2. The highest BCUT2D eigenvalue weighted by molar-refractivity contribution is 7.47. The van der Waals surface area contributed by atoms with Gasteiger partial charge in [-0.05, 0) is 76.7 Å². The number of aliphatic hydroxyl groups is 4. The van der Waals surface area contributed by atoms with E-state index in [1.165, 1.54) is 44.6 Å². The second-order valence-electron chi connectivity index (χ2n) is 16.9. The van der Waals surface area contributed by atoms with Crippen LogP contribution in [0.3, 0.4) is 0 Å². The number of phosphoric acid groups is 2. The van der Waals surface area contributed by atoms with Crippen molar-refractivity contribution in [3.05, 3.63) is 72.9 Å². The van der Waals surface area contributed by atoms with Gasteiger partial charge in [0.1, 0.15) is 43.2 Å². The second kappa shape index (κ2) is 38.8. The molecule has 0 saturated heterocycles. The molecular weight excluding hydrogens is 922 g/mol. The molecule has 1 saturated carbocycles. The van der Waals surface area contributed by atoms with E-state index in [1.807, 2.05) is 12.2 Å². The lowest BCUT2D eigenvalue weighted by Gasteiger charge is -2.43. The summed E-state index contributed by atoms with van der Waals surface area (Å²) in [6.07, 6.45) is 28.5. The van der Waals surface area contributed by atoms with Gasteiger partial charge >= 0.3 is 27.6 Å². The van der Waals surface area contributed by atoms with Crippen LogP contribution in [0.15, 0.2) is 72.9 Å². The predicted octanol–water partition coefficient (Wildman–Crippen LogP) is 8.80. The highest BCUT2D eigenvalue weighted by Crippen LogP contribution is 2.49. The lowest BCUT2D eigenvalue weighted by molar-refractivity contribution is -0.216. The fourth-order valence-corrected chi connectivity index (χ4v) is 8.43. The van der Waals surface area contributed by atoms with E-state index in [2.05, 4.69) is 60.9 Å². The molecule has 390 valence electrons. The number of unbranched alkanes of at least 4 members (excludes halogenated alkanes) is 13. The number of allylic oxidation sites excluding steroid dienone is 12. The summed E-state index contributed by atoms with van der Waals surface area (Å²) in [5.74, 6) is -1.71. The van der Waals surface area contributed by atoms with E-state index in [0.29, 0.717) is 12.8 Å². The SMILES string of the molecule is CCCCC/C=C\C/C=C\C/C=C\C=C\C(=O)CCCC(=O)O[C@H](COC(=O)CCCCCCCCC/C=C\C/C=C\CCCCC)COP(=O)(O)O[C@H]1C(O)C(O)C(O)[C@@H](OP(=O)(O)O)C1O. The summed E-state index contributed by atoms with van der Waals surface area (Å²) < 4.78 is 49.2. The largest absolute Gasteiger partial charge is 0.472 e. The molecule has 5 unspecified atom stereocenters. The summed E-state index contributed by atoms with van der Waals surface area (Å²) >= 11 is 0. The van der Waals surface area contributed by atoms with E-state index in [4.69, 9.17) is 18.5 Å². The Morgan fingerprint density at radius 1 is 0.515 bits per heavy atom. The quantitative estimate of drug-likeness (QED) is 0.00754. The number of esters is 2. The summed E-state index contributed by atoms with van der Waals surface area (Å²) in [4.78, 5) is 66.7. The molecule has 7 N–H and O–H groups in total. The Kier molecular flexibility index (Phi) is 36.0. The fraction of sp³-hybridized carbons (Fsp3) is 0.694. The highest BCUT2D eigenvalue weighted by Gasteiger charge is 2.54. The van der Waals surface area contributed by atoms with Crippen LogP contribution in [0.25, 0.3) is 0 Å². The fourth-order valence-electron chi connectivity index (χ4n) is 6.89. The van der Waals surface area contributed by atoms with Gasteiger partial charge in [-0.15, -0.1) is 0 Å². The first kappa shape index (κ1) is 63.1. The van der Waals surface area contributed by atoms with Crippen molar-refractivity contribution in [2.45, 2.75) is 204 Å². The molecule has 0 amide bonds. The number of ether oxygens (including phenoxy) is 2. The molecule has 8 atom stereocenters. The molecule has 0 aromatic carbocycles. The van der Waals surface area contributed by atoms with E-state index >= 15 is 0 Å². The molecule has 0 heterocycles. The first-order chi connectivity index (χ1) is 32.5. The maximum absolute atomic E-state index is 13.0. The lowest BCUT2D eigenvalue weighted by atomic mass is 9.85. The molecule has 1 aliphatic carbocycles. The van der Waals surface area contributed by atoms with Gasteiger partial charge in [0.2, 0.25) is 0 Å². The molecule has 1 fully saturated rings. The van der Waals surface area contributed by atoms with Crippen LogP contribution >= 0.6 is 15.6 Å². The predicted molar refractivity (Wildman–Crippen MR) is 260 cm³/mol. The molecule has 19 heteroatoms. The van der Waals surface area contributed by atoms with Crippen LogP contribution < -0.4 is 0 Å². The Morgan fingerprint density at radius 2 is 1.00 bits per heavy atom. The van der Waals surface area contributed by atoms with Gasteiger partial charge in [0.15, 0.2) is 11.9 Å². The Morgan fingerprint density at radius 3 is 1.56 bits per heavy atom. The van der Waals surface area contributed by atoms with Crippen molar-refractivity contribution in [1.29, 1.82) is 0 Å². The molecule has 0 aromatic rings. The molecule has 0 bridgehead atoms. The Bertz CT molecular complexity index is 1650. The minimum Gasteiger partial charge on any atom is -0.462 e. The van der Waals surface area contributed by atoms with E-state index in [9.17, 15) is 58.6 Å². The number of ketones is 1. The molecule has 68 heavy (non-hydrogen) atoms. The molecule has 0 aliphatic heterocycles. The number of rotatable bonds is 40. The monoisotopic (exact) mass is 1000 g/mol. The Labute approximate surface area is 404 Å². The number of hydrogen-bond acceptors (Lipinski definition) is 14. The van der Waals surface area contributed by atoms with Crippen molar-refractivity contribution < 1.29 is 81.7 Å². The van der Waals surface area contributed by atoms with Crippen molar-refractivity contribution in [2.24, 2.45) is 0 Å². The first-order valence-electron chi connectivity index (χ1n) is 24.4. The van der Waals surface area contributed by atoms with Crippen LogP contribution in [0.1, 0.15) is 162 Å². The standard InChI is InChI=1S/C49H82O17P2/c1-3-5-7-9-11-13-15-17-18-19-20-22-24-26-28-30-32-36-42(51)62-38-41(39-63-68(60,61)66-49-46(55)44(53)45(54)48(47(49)56)65-67(57,58)59)64-43(52)37-33-35-40(50)34-31-29-27-25-23-21-16-14-12-10-8-6-4-2/h11-14,17-18,21,23,27,29,31,34,41,44-49,53-56H,3-10,15-16,19-20,22,24-26,28,30,32-33,35-39H2,1-2H3,(H,60,61)(H2,57,58,59)/b13-11-,14-12-,18-17-,23-21-,29-27-,34-31+/t41-,44?,45?,46?,47?,48-,49+/m1/s1. The van der Waals surface area contributed by atoms with Crippen molar-refractivity contribution in [3.63, 3.8) is 0 Å². The topological polar surface area (TPSA) is 273 Å². The number of hydrogen-bond donors (Lipinski definition) is 7. The molecule has 17 nitrogen and oxygen atoms in total. The van der Waals surface area contributed by atoms with Crippen LogP contribution in [-0.2, 0) is 46.6 Å². The summed E-state index contributed by atoms with van der Waals surface area (Å²) in [7, 11) is -10.8. The van der Waals surface area contributed by atoms with Crippen molar-refractivity contribution in [3.8, 4) is 0 Å². The van der Waals surface area contributed by atoms with Gasteiger partial charge in [-0.3, -0.25) is 28.0 Å². The summed E-state index contributed by atoms with van der Waals surface area (Å²) in [6.45, 7) is 2.84. The van der Waals surface area contributed by atoms with Crippen LogP contribution in [0.5, 0.6) is 0 Å².